The van der Waals surface area contributed by atoms with Crippen LogP contribution in [0.1, 0.15) is 45.7 Å². The molecule has 0 spiro atoms. The van der Waals surface area contributed by atoms with Gasteiger partial charge in [0.2, 0.25) is 9.84 Å². The Morgan fingerprint density at radius 2 is 2.05 bits per heavy atom. The Hall–Kier alpha value is -1.83. The van der Waals surface area contributed by atoms with Gasteiger partial charge in [0, 0.05) is 18.4 Å². The zero-order chi connectivity index (χ0) is 17.1. The van der Waals surface area contributed by atoms with Crippen LogP contribution in [0.2, 0.25) is 0 Å². The molecule has 0 saturated carbocycles. The number of alkyl carbamates (subject to hydrolysis) is 1. The van der Waals surface area contributed by atoms with Crippen molar-refractivity contribution in [2.75, 3.05) is 6.26 Å². The fourth-order valence-electron chi connectivity index (χ4n) is 1.84. The molecule has 1 N–H and O–H groups in total. The molecular formula is C14H22N2O5S. The molecule has 0 saturated heterocycles. The molecular weight excluding hydrogens is 308 g/mol. The predicted octanol–water partition coefficient (Wildman–Crippen LogP) is 1.70. The van der Waals surface area contributed by atoms with Gasteiger partial charge in [-0.15, -0.1) is 0 Å². The number of carbonyl (C=O) groups excluding carboxylic acids is 1. The van der Waals surface area contributed by atoms with Crippen LogP contribution >= 0.6 is 0 Å². The van der Waals surface area contributed by atoms with Crippen molar-refractivity contribution in [2.45, 2.75) is 50.8 Å². The Balaban J connectivity index is 3.04. The number of carbonyl (C=O) groups is 1. The highest BCUT2D eigenvalue weighted by molar-refractivity contribution is 7.90. The molecule has 1 aromatic heterocycles. The molecule has 1 amide bonds. The van der Waals surface area contributed by atoms with Gasteiger partial charge in [-0.2, -0.15) is 4.73 Å². The standard InChI is InChI=1S/C14H22N2O5S/c1-6-11(15-13(17)21-14(2,3)4)10-7-8-16(18)12(9-10)22(5,19)20/h7-9,11H,6H2,1-5H3,(H,15,17). The lowest BCUT2D eigenvalue weighted by Gasteiger charge is -2.23. The molecule has 0 bridgehead atoms. The van der Waals surface area contributed by atoms with E-state index in [0.29, 0.717) is 16.7 Å². The van der Waals surface area contributed by atoms with Gasteiger partial charge in [-0.25, -0.2) is 13.2 Å². The van der Waals surface area contributed by atoms with Gasteiger partial charge in [-0.05, 0) is 32.8 Å². The van der Waals surface area contributed by atoms with Gasteiger partial charge in [-0.3, -0.25) is 0 Å². The molecule has 0 fully saturated rings. The number of hydrogen-bond donors (Lipinski definition) is 1. The topological polar surface area (TPSA) is 99.4 Å². The van der Waals surface area contributed by atoms with E-state index in [1.165, 1.54) is 12.1 Å². The van der Waals surface area contributed by atoms with Crippen LogP contribution < -0.4 is 10.0 Å². The molecule has 0 aliphatic carbocycles. The molecule has 22 heavy (non-hydrogen) atoms. The van der Waals surface area contributed by atoms with Crippen molar-refractivity contribution in [1.29, 1.82) is 0 Å². The van der Waals surface area contributed by atoms with E-state index in [4.69, 9.17) is 4.74 Å². The normalized spacial score (nSPS) is 13.5. The summed E-state index contributed by atoms with van der Waals surface area (Å²) >= 11 is 0. The number of pyridine rings is 1. The number of nitrogens with one attached hydrogen (secondary N) is 1. The quantitative estimate of drug-likeness (QED) is 0.669. The van der Waals surface area contributed by atoms with Crippen molar-refractivity contribution in [3.63, 3.8) is 0 Å². The molecule has 1 atom stereocenters. The molecule has 0 radical (unpaired) electrons. The summed E-state index contributed by atoms with van der Waals surface area (Å²) in [5.74, 6) is 0. The van der Waals surface area contributed by atoms with Gasteiger partial charge in [0.15, 0.2) is 6.20 Å². The summed E-state index contributed by atoms with van der Waals surface area (Å²) in [5, 5.41) is 13.9. The lowest BCUT2D eigenvalue weighted by molar-refractivity contribution is -0.646. The lowest BCUT2D eigenvalue weighted by Crippen LogP contribution is -2.36. The van der Waals surface area contributed by atoms with E-state index >= 15 is 0 Å². The minimum atomic E-state index is -3.65. The maximum absolute atomic E-state index is 11.8. The fraction of sp³-hybridized carbons (Fsp3) is 0.571. The third-order valence-corrected chi connectivity index (χ3v) is 3.85. The smallest absolute Gasteiger partial charge is 0.408 e. The Morgan fingerprint density at radius 3 is 2.50 bits per heavy atom. The van der Waals surface area contributed by atoms with Crippen LogP contribution in [0.25, 0.3) is 0 Å². The summed E-state index contributed by atoms with van der Waals surface area (Å²) in [6, 6.07) is 2.30. The van der Waals surface area contributed by atoms with E-state index in [2.05, 4.69) is 5.32 Å². The van der Waals surface area contributed by atoms with Gasteiger partial charge in [0.1, 0.15) is 5.60 Å². The molecule has 1 aromatic rings. The second-order valence-corrected chi connectivity index (χ2v) is 7.97. The van der Waals surface area contributed by atoms with E-state index in [0.717, 1.165) is 12.5 Å². The first-order chi connectivity index (χ1) is 9.94. The van der Waals surface area contributed by atoms with Crippen LogP contribution in [-0.2, 0) is 14.6 Å². The van der Waals surface area contributed by atoms with Crippen molar-refractivity contribution in [3.8, 4) is 0 Å². The number of aromatic nitrogens is 1. The summed E-state index contributed by atoms with van der Waals surface area (Å²) in [4.78, 5) is 11.8. The van der Waals surface area contributed by atoms with E-state index in [9.17, 15) is 18.4 Å². The highest BCUT2D eigenvalue weighted by atomic mass is 32.2. The van der Waals surface area contributed by atoms with Gasteiger partial charge in [0.05, 0.1) is 6.04 Å². The number of sulfone groups is 1. The van der Waals surface area contributed by atoms with Crippen LogP contribution in [0.15, 0.2) is 23.4 Å². The SMILES string of the molecule is CCC(NC(=O)OC(C)(C)C)c1cc[n+]([O-])c(S(C)(=O)=O)c1. The average molecular weight is 330 g/mol. The number of ether oxygens (including phenoxy) is 1. The van der Waals surface area contributed by atoms with E-state index in [-0.39, 0.29) is 5.03 Å². The molecule has 0 aromatic carbocycles. The maximum atomic E-state index is 11.8. The van der Waals surface area contributed by atoms with Crippen LogP contribution in [0.3, 0.4) is 0 Å². The van der Waals surface area contributed by atoms with Crippen LogP contribution in [0.4, 0.5) is 4.79 Å². The lowest BCUT2D eigenvalue weighted by atomic mass is 10.1. The molecule has 124 valence electrons. The fourth-order valence-corrected chi connectivity index (χ4v) is 2.58. The third kappa shape index (κ3) is 5.18. The molecule has 0 aliphatic rings. The Bertz CT molecular complexity index is 650. The average Bonchev–Trinajstić information content (AvgIpc) is 2.33. The largest absolute Gasteiger partial charge is 0.618 e. The van der Waals surface area contributed by atoms with Crippen LogP contribution in [-0.4, -0.2) is 26.4 Å². The number of rotatable bonds is 4. The Labute approximate surface area is 130 Å². The summed E-state index contributed by atoms with van der Waals surface area (Å²) in [6.45, 7) is 7.08. The van der Waals surface area contributed by atoms with E-state index in [1.54, 1.807) is 20.8 Å². The molecule has 1 rings (SSSR count). The predicted molar refractivity (Wildman–Crippen MR) is 80.9 cm³/mol. The van der Waals surface area contributed by atoms with Crippen molar-refractivity contribution in [3.05, 3.63) is 29.1 Å². The first-order valence-electron chi connectivity index (χ1n) is 6.86. The van der Waals surface area contributed by atoms with Gasteiger partial charge >= 0.3 is 11.1 Å². The molecule has 1 heterocycles. The Kier molecular flexibility index (Phi) is 5.39. The van der Waals surface area contributed by atoms with Crippen molar-refractivity contribution in [1.82, 2.24) is 5.32 Å². The highest BCUT2D eigenvalue weighted by Gasteiger charge is 2.24. The first kappa shape index (κ1) is 18.2. The van der Waals surface area contributed by atoms with Gasteiger partial charge in [0.25, 0.3) is 0 Å². The minimum Gasteiger partial charge on any atom is -0.618 e. The minimum absolute atomic E-state index is 0.291. The molecule has 1 unspecified atom stereocenters. The van der Waals surface area contributed by atoms with Crippen molar-refractivity contribution >= 4 is 15.9 Å². The van der Waals surface area contributed by atoms with Crippen molar-refractivity contribution in [2.24, 2.45) is 0 Å². The van der Waals surface area contributed by atoms with Gasteiger partial charge < -0.3 is 15.3 Å². The third-order valence-electron chi connectivity index (χ3n) is 2.79. The zero-order valence-electron chi connectivity index (χ0n) is 13.4. The number of nitrogens with zero attached hydrogens (tertiary/aromatic N) is 1. The number of amides is 1. The van der Waals surface area contributed by atoms with Crippen LogP contribution in [0, 0.1) is 5.21 Å². The number of hydrogen-bond acceptors (Lipinski definition) is 5. The molecule has 0 aliphatic heterocycles. The molecule has 7 nitrogen and oxygen atoms in total. The van der Waals surface area contributed by atoms with Crippen LogP contribution in [0.5, 0.6) is 0 Å². The second kappa shape index (κ2) is 6.51. The summed E-state index contributed by atoms with van der Waals surface area (Å²) in [5.41, 5.74) is -0.101. The van der Waals surface area contributed by atoms with Gasteiger partial charge in [-0.1, -0.05) is 6.92 Å². The van der Waals surface area contributed by atoms with E-state index < -0.39 is 27.6 Å². The zero-order valence-corrected chi connectivity index (χ0v) is 14.2. The summed E-state index contributed by atoms with van der Waals surface area (Å²) in [7, 11) is -3.65. The second-order valence-electron chi connectivity index (χ2n) is 6.00. The summed E-state index contributed by atoms with van der Waals surface area (Å²) < 4.78 is 28.7. The first-order valence-corrected chi connectivity index (χ1v) is 8.76. The monoisotopic (exact) mass is 330 g/mol. The molecule has 8 heteroatoms. The Morgan fingerprint density at radius 1 is 1.45 bits per heavy atom. The summed E-state index contributed by atoms with van der Waals surface area (Å²) in [6.07, 6.45) is 2.00. The maximum Gasteiger partial charge on any atom is 0.408 e. The highest BCUT2D eigenvalue weighted by Crippen LogP contribution is 2.19. The van der Waals surface area contributed by atoms with E-state index in [1.807, 2.05) is 6.92 Å². The van der Waals surface area contributed by atoms with Crippen molar-refractivity contribution < 1.29 is 22.7 Å².